The van der Waals surface area contributed by atoms with Crippen LogP contribution in [0.1, 0.15) is 31.1 Å². The maximum atomic E-state index is 13.2. The van der Waals surface area contributed by atoms with E-state index in [4.69, 9.17) is 5.10 Å². The highest BCUT2D eigenvalue weighted by atomic mass is 19.1. The van der Waals surface area contributed by atoms with Gasteiger partial charge in [0.05, 0.1) is 11.4 Å². The Morgan fingerprint density at radius 2 is 1.76 bits per heavy atom. The van der Waals surface area contributed by atoms with Crippen LogP contribution in [0.4, 0.5) is 4.39 Å². The molecule has 1 aliphatic heterocycles. The smallest absolute Gasteiger partial charge is 0.123 e. The topological polar surface area (TPSA) is 21.1 Å². The van der Waals surface area contributed by atoms with Gasteiger partial charge in [0.25, 0.3) is 0 Å². The van der Waals surface area contributed by atoms with E-state index in [1.807, 2.05) is 12.1 Å². The maximum Gasteiger partial charge on any atom is 0.123 e. The molecule has 21 heavy (non-hydrogen) atoms. The van der Waals surface area contributed by atoms with Crippen LogP contribution in [-0.4, -0.2) is 34.8 Å². The van der Waals surface area contributed by atoms with Gasteiger partial charge in [-0.1, -0.05) is 0 Å². The molecule has 2 aromatic rings. The van der Waals surface area contributed by atoms with Crippen LogP contribution in [0, 0.1) is 5.82 Å². The van der Waals surface area contributed by atoms with Crippen LogP contribution >= 0.6 is 0 Å². The van der Waals surface area contributed by atoms with Gasteiger partial charge in [-0.25, -0.2) is 4.39 Å². The summed E-state index contributed by atoms with van der Waals surface area (Å²) in [5, 5.41) is 4.84. The minimum absolute atomic E-state index is 0.194. The Labute approximate surface area is 125 Å². The quantitative estimate of drug-likeness (QED) is 0.845. The molecule has 0 amide bonds. The molecule has 0 N–H and O–H groups in total. The molecular weight excluding hydrogens is 265 g/mol. The lowest BCUT2D eigenvalue weighted by Gasteiger charge is -2.15. The van der Waals surface area contributed by atoms with Crippen molar-refractivity contribution in [2.45, 2.75) is 32.7 Å². The predicted octanol–water partition coefficient (Wildman–Crippen LogP) is 3.30. The number of fused-ring (bicyclic) bond motifs is 1. The van der Waals surface area contributed by atoms with Crippen LogP contribution in [0.15, 0.2) is 24.3 Å². The van der Waals surface area contributed by atoms with Crippen LogP contribution in [0.2, 0.25) is 0 Å². The molecule has 0 bridgehead atoms. The van der Waals surface area contributed by atoms with Gasteiger partial charge in [-0.05, 0) is 51.6 Å². The standard InChI is InChI=1S/C17H22FN3/c1-12(2)21-17(13-4-6-14(18)7-5-13)15-8-10-20(3)11-9-16(15)19-21/h4-7,12H,8-11H2,1-3H3. The van der Waals surface area contributed by atoms with Gasteiger partial charge < -0.3 is 4.90 Å². The van der Waals surface area contributed by atoms with Gasteiger partial charge >= 0.3 is 0 Å². The molecule has 0 radical (unpaired) electrons. The molecule has 0 saturated heterocycles. The van der Waals surface area contributed by atoms with Crippen LogP contribution in [0.3, 0.4) is 0 Å². The Kier molecular flexibility index (Phi) is 3.81. The summed E-state index contributed by atoms with van der Waals surface area (Å²) < 4.78 is 15.3. The molecule has 1 aliphatic rings. The first-order valence-electron chi connectivity index (χ1n) is 7.61. The molecule has 0 fully saturated rings. The third kappa shape index (κ3) is 2.72. The zero-order valence-corrected chi connectivity index (χ0v) is 12.9. The fraction of sp³-hybridized carbons (Fsp3) is 0.471. The molecule has 0 aliphatic carbocycles. The SMILES string of the molecule is CC(C)n1nc2c(c1-c1ccc(F)cc1)CCN(C)CC2. The number of benzene rings is 1. The van der Waals surface area contributed by atoms with Crippen LogP contribution in [0.25, 0.3) is 11.3 Å². The number of halogens is 1. The summed E-state index contributed by atoms with van der Waals surface area (Å²) in [4.78, 5) is 2.34. The molecule has 3 nitrogen and oxygen atoms in total. The van der Waals surface area contributed by atoms with Gasteiger partial charge in [0.1, 0.15) is 5.82 Å². The zero-order chi connectivity index (χ0) is 15.0. The Bertz CT molecular complexity index is 628. The van der Waals surface area contributed by atoms with Crippen LogP contribution in [0.5, 0.6) is 0 Å². The molecule has 2 heterocycles. The predicted molar refractivity (Wildman–Crippen MR) is 82.9 cm³/mol. The highest BCUT2D eigenvalue weighted by molar-refractivity contribution is 5.65. The third-order valence-electron chi connectivity index (χ3n) is 4.17. The van der Waals surface area contributed by atoms with Crippen molar-refractivity contribution in [2.24, 2.45) is 0 Å². The van der Waals surface area contributed by atoms with Crippen molar-refractivity contribution in [1.82, 2.24) is 14.7 Å². The Morgan fingerprint density at radius 1 is 1.10 bits per heavy atom. The average Bonchev–Trinajstić information content (AvgIpc) is 2.73. The third-order valence-corrected chi connectivity index (χ3v) is 4.17. The van der Waals surface area contributed by atoms with E-state index in [-0.39, 0.29) is 5.82 Å². The van der Waals surface area contributed by atoms with Crippen LogP contribution < -0.4 is 0 Å². The van der Waals surface area contributed by atoms with E-state index in [0.717, 1.165) is 37.2 Å². The highest BCUT2D eigenvalue weighted by Crippen LogP contribution is 2.31. The summed E-state index contributed by atoms with van der Waals surface area (Å²) in [5.41, 5.74) is 4.76. The highest BCUT2D eigenvalue weighted by Gasteiger charge is 2.23. The second kappa shape index (κ2) is 5.60. The minimum atomic E-state index is -0.194. The summed E-state index contributed by atoms with van der Waals surface area (Å²) >= 11 is 0. The van der Waals surface area contributed by atoms with Gasteiger partial charge in [-0.15, -0.1) is 0 Å². The average molecular weight is 287 g/mol. The van der Waals surface area contributed by atoms with Crippen molar-refractivity contribution in [3.05, 3.63) is 41.3 Å². The van der Waals surface area contributed by atoms with E-state index in [0.29, 0.717) is 6.04 Å². The number of aromatic nitrogens is 2. The lowest BCUT2D eigenvalue weighted by Crippen LogP contribution is -2.21. The monoisotopic (exact) mass is 287 g/mol. The Balaban J connectivity index is 2.13. The molecule has 1 aromatic carbocycles. The van der Waals surface area contributed by atoms with Crippen molar-refractivity contribution in [1.29, 1.82) is 0 Å². The molecule has 3 rings (SSSR count). The second-order valence-electron chi connectivity index (χ2n) is 6.12. The summed E-state index contributed by atoms with van der Waals surface area (Å²) in [6.07, 6.45) is 1.99. The summed E-state index contributed by atoms with van der Waals surface area (Å²) in [6.45, 7) is 6.38. The lowest BCUT2D eigenvalue weighted by molar-refractivity contribution is 0.350. The van der Waals surface area contributed by atoms with E-state index in [9.17, 15) is 4.39 Å². The number of likely N-dealkylation sites (N-methyl/N-ethyl adjacent to an activating group) is 1. The van der Waals surface area contributed by atoms with Crippen molar-refractivity contribution in [2.75, 3.05) is 20.1 Å². The molecule has 112 valence electrons. The molecule has 0 atom stereocenters. The summed E-state index contributed by atoms with van der Waals surface area (Å²) in [7, 11) is 2.15. The Hall–Kier alpha value is -1.68. The fourth-order valence-corrected chi connectivity index (χ4v) is 2.98. The number of nitrogens with zero attached hydrogens (tertiary/aromatic N) is 3. The van der Waals surface area contributed by atoms with Gasteiger partial charge in [0.2, 0.25) is 0 Å². The number of rotatable bonds is 2. The molecule has 0 saturated carbocycles. The van der Waals surface area contributed by atoms with E-state index in [2.05, 4.69) is 30.5 Å². The van der Waals surface area contributed by atoms with Crippen molar-refractivity contribution >= 4 is 0 Å². The summed E-state index contributed by atoms with van der Waals surface area (Å²) in [6, 6.07) is 7.08. The first kappa shape index (κ1) is 14.3. The maximum absolute atomic E-state index is 13.2. The van der Waals surface area contributed by atoms with Gasteiger partial charge in [-0.2, -0.15) is 5.10 Å². The van der Waals surface area contributed by atoms with Gasteiger partial charge in [-0.3, -0.25) is 4.68 Å². The van der Waals surface area contributed by atoms with Gasteiger partial charge in [0, 0.05) is 36.7 Å². The molecule has 1 aromatic heterocycles. The first-order chi connectivity index (χ1) is 10.1. The van der Waals surface area contributed by atoms with E-state index in [1.165, 1.54) is 23.4 Å². The molecule has 4 heteroatoms. The molecular formula is C17H22FN3. The first-order valence-corrected chi connectivity index (χ1v) is 7.61. The van der Waals surface area contributed by atoms with E-state index < -0.39 is 0 Å². The van der Waals surface area contributed by atoms with Crippen molar-refractivity contribution in [3.8, 4) is 11.3 Å². The summed E-state index contributed by atoms with van der Waals surface area (Å²) in [5.74, 6) is -0.194. The second-order valence-corrected chi connectivity index (χ2v) is 6.12. The van der Waals surface area contributed by atoms with Crippen LogP contribution in [-0.2, 0) is 12.8 Å². The Morgan fingerprint density at radius 3 is 2.43 bits per heavy atom. The largest absolute Gasteiger partial charge is 0.306 e. The fourth-order valence-electron chi connectivity index (χ4n) is 2.98. The normalized spacial score (nSPS) is 16.0. The van der Waals surface area contributed by atoms with Gasteiger partial charge in [0.15, 0.2) is 0 Å². The minimum Gasteiger partial charge on any atom is -0.306 e. The molecule has 0 spiro atoms. The zero-order valence-electron chi connectivity index (χ0n) is 12.9. The van der Waals surface area contributed by atoms with E-state index >= 15 is 0 Å². The van der Waals surface area contributed by atoms with E-state index in [1.54, 1.807) is 0 Å². The van der Waals surface area contributed by atoms with Crippen molar-refractivity contribution in [3.63, 3.8) is 0 Å². The number of hydrogen-bond acceptors (Lipinski definition) is 2. The molecule has 0 unspecified atom stereocenters. The number of hydrogen-bond donors (Lipinski definition) is 0. The lowest BCUT2D eigenvalue weighted by atomic mass is 10.0. The van der Waals surface area contributed by atoms with Crippen molar-refractivity contribution < 1.29 is 4.39 Å².